The van der Waals surface area contributed by atoms with Crippen molar-refractivity contribution in [2.24, 2.45) is 0 Å². The summed E-state index contributed by atoms with van der Waals surface area (Å²) in [5.41, 5.74) is 1.26. The molecule has 1 aromatic heterocycles. The van der Waals surface area contributed by atoms with E-state index in [1.807, 2.05) is 0 Å². The lowest BCUT2D eigenvalue weighted by Crippen LogP contribution is -2.11. The van der Waals surface area contributed by atoms with Crippen LogP contribution in [0.4, 0.5) is 0 Å². The first kappa shape index (κ1) is 14.9. The van der Waals surface area contributed by atoms with Gasteiger partial charge >= 0.3 is 0 Å². The van der Waals surface area contributed by atoms with Crippen molar-refractivity contribution in [3.63, 3.8) is 0 Å². The van der Waals surface area contributed by atoms with E-state index in [2.05, 4.69) is 28.0 Å². The van der Waals surface area contributed by atoms with E-state index in [4.69, 9.17) is 23.2 Å². The number of rotatable bonds is 4. The van der Waals surface area contributed by atoms with Gasteiger partial charge in [-0.3, -0.25) is 4.68 Å². The number of halogens is 3. The Morgan fingerprint density at radius 3 is 2.84 bits per heavy atom. The summed E-state index contributed by atoms with van der Waals surface area (Å²) < 4.78 is 2.52. The van der Waals surface area contributed by atoms with Crippen LogP contribution < -0.4 is 0 Å². The molecule has 1 unspecified atom stereocenters. The van der Waals surface area contributed by atoms with Gasteiger partial charge in [0.05, 0.1) is 16.4 Å². The normalized spacial score (nSPS) is 12.7. The van der Waals surface area contributed by atoms with E-state index < -0.39 is 6.10 Å². The predicted octanol–water partition coefficient (Wildman–Crippen LogP) is 4.44. The minimum Gasteiger partial charge on any atom is -0.382 e. The Morgan fingerprint density at radius 2 is 2.16 bits per heavy atom. The van der Waals surface area contributed by atoms with Crippen molar-refractivity contribution in [2.45, 2.75) is 26.0 Å². The third kappa shape index (κ3) is 3.14. The van der Waals surface area contributed by atoms with E-state index in [-0.39, 0.29) is 0 Å². The van der Waals surface area contributed by atoms with Crippen molar-refractivity contribution in [2.75, 3.05) is 0 Å². The molecule has 2 rings (SSSR count). The highest BCUT2D eigenvalue weighted by molar-refractivity contribution is 9.10. The van der Waals surface area contributed by atoms with Gasteiger partial charge in [-0.05, 0) is 40.5 Å². The smallest absolute Gasteiger partial charge is 0.123 e. The molecule has 19 heavy (non-hydrogen) atoms. The van der Waals surface area contributed by atoms with Crippen LogP contribution in [0.25, 0.3) is 0 Å². The van der Waals surface area contributed by atoms with Crippen LogP contribution in [0.15, 0.2) is 28.9 Å². The van der Waals surface area contributed by atoms with Crippen molar-refractivity contribution in [3.05, 3.63) is 50.2 Å². The highest BCUT2D eigenvalue weighted by Crippen LogP contribution is 2.33. The minimum absolute atomic E-state index is 0.480. The van der Waals surface area contributed by atoms with Gasteiger partial charge < -0.3 is 5.11 Å². The van der Waals surface area contributed by atoms with Crippen LogP contribution in [-0.4, -0.2) is 14.9 Å². The van der Waals surface area contributed by atoms with E-state index in [9.17, 15) is 5.11 Å². The number of benzene rings is 1. The van der Waals surface area contributed by atoms with Crippen molar-refractivity contribution >= 4 is 39.1 Å². The average Bonchev–Trinajstić information content (AvgIpc) is 2.73. The monoisotopic (exact) mass is 362 g/mol. The Morgan fingerprint density at radius 1 is 1.42 bits per heavy atom. The SMILES string of the molecule is CCCn1ncc(Br)c1C(O)c1cc(Cl)ccc1Cl. The van der Waals surface area contributed by atoms with Crippen LogP contribution in [-0.2, 0) is 6.54 Å². The van der Waals surface area contributed by atoms with Gasteiger partial charge in [-0.25, -0.2) is 0 Å². The summed E-state index contributed by atoms with van der Waals surface area (Å²) in [7, 11) is 0. The lowest BCUT2D eigenvalue weighted by Gasteiger charge is -2.16. The summed E-state index contributed by atoms with van der Waals surface area (Å²) in [6.07, 6.45) is 1.73. The second-order valence-corrected chi connectivity index (χ2v) is 5.87. The van der Waals surface area contributed by atoms with Gasteiger partial charge in [-0.15, -0.1) is 0 Å². The third-order valence-electron chi connectivity index (χ3n) is 2.78. The van der Waals surface area contributed by atoms with Crippen molar-refractivity contribution in [3.8, 4) is 0 Å². The van der Waals surface area contributed by atoms with Gasteiger partial charge in [0.15, 0.2) is 0 Å². The molecule has 0 saturated heterocycles. The molecule has 3 nitrogen and oxygen atoms in total. The fourth-order valence-electron chi connectivity index (χ4n) is 1.91. The molecule has 0 aliphatic heterocycles. The molecule has 1 heterocycles. The zero-order valence-electron chi connectivity index (χ0n) is 10.3. The maximum Gasteiger partial charge on any atom is 0.123 e. The quantitative estimate of drug-likeness (QED) is 0.871. The Bertz CT molecular complexity index is 586. The molecule has 0 aliphatic carbocycles. The lowest BCUT2D eigenvalue weighted by atomic mass is 10.1. The predicted molar refractivity (Wildman–Crippen MR) is 80.7 cm³/mol. The number of nitrogens with zero attached hydrogens (tertiary/aromatic N) is 2. The fourth-order valence-corrected chi connectivity index (χ4v) is 2.82. The Balaban J connectivity index is 2.46. The molecule has 0 spiro atoms. The molecule has 0 radical (unpaired) electrons. The fraction of sp³-hybridized carbons (Fsp3) is 0.308. The third-order valence-corrected chi connectivity index (χ3v) is 3.97. The number of aliphatic hydroxyl groups excluding tert-OH is 1. The Hall–Kier alpha value is -0.550. The van der Waals surface area contributed by atoms with Gasteiger partial charge in [-0.1, -0.05) is 30.1 Å². The van der Waals surface area contributed by atoms with Gasteiger partial charge in [0.2, 0.25) is 0 Å². The molecule has 102 valence electrons. The van der Waals surface area contributed by atoms with Crippen LogP contribution in [0.2, 0.25) is 10.0 Å². The zero-order chi connectivity index (χ0) is 14.0. The molecular weight excluding hydrogens is 351 g/mol. The first-order chi connectivity index (χ1) is 9.04. The van der Waals surface area contributed by atoms with E-state index in [1.54, 1.807) is 29.1 Å². The lowest BCUT2D eigenvalue weighted by molar-refractivity contribution is 0.206. The van der Waals surface area contributed by atoms with Gasteiger partial charge in [-0.2, -0.15) is 5.10 Å². The van der Waals surface area contributed by atoms with Crippen LogP contribution in [0.3, 0.4) is 0 Å². The molecule has 6 heteroatoms. The standard InChI is InChI=1S/C13H13BrCl2N2O/c1-2-5-18-12(10(14)7-17-18)13(19)9-6-8(15)3-4-11(9)16/h3-4,6-7,13,19H,2,5H2,1H3. The molecule has 0 fully saturated rings. The van der Waals surface area contributed by atoms with Crippen LogP contribution >= 0.6 is 39.1 Å². The second kappa shape index (κ2) is 6.27. The molecule has 1 aromatic carbocycles. The van der Waals surface area contributed by atoms with Crippen molar-refractivity contribution in [1.82, 2.24) is 9.78 Å². The number of hydrogen-bond acceptors (Lipinski definition) is 2. The second-order valence-electron chi connectivity index (χ2n) is 4.17. The molecule has 0 saturated carbocycles. The van der Waals surface area contributed by atoms with Crippen LogP contribution in [0.1, 0.15) is 30.7 Å². The number of aryl methyl sites for hydroxylation is 1. The van der Waals surface area contributed by atoms with Crippen molar-refractivity contribution < 1.29 is 5.11 Å². The molecule has 0 bridgehead atoms. The maximum atomic E-state index is 10.5. The highest BCUT2D eigenvalue weighted by Gasteiger charge is 2.21. The van der Waals surface area contributed by atoms with Crippen molar-refractivity contribution in [1.29, 1.82) is 0 Å². The summed E-state index contributed by atoms with van der Waals surface area (Å²) in [5.74, 6) is 0. The van der Waals surface area contributed by atoms with Gasteiger partial charge in [0, 0.05) is 22.2 Å². The molecular formula is C13H13BrCl2N2O. The zero-order valence-corrected chi connectivity index (χ0v) is 13.4. The van der Waals surface area contributed by atoms with Gasteiger partial charge in [0.25, 0.3) is 0 Å². The van der Waals surface area contributed by atoms with E-state index in [1.165, 1.54) is 0 Å². The maximum absolute atomic E-state index is 10.5. The largest absolute Gasteiger partial charge is 0.382 e. The van der Waals surface area contributed by atoms with Crippen LogP contribution in [0, 0.1) is 0 Å². The van der Waals surface area contributed by atoms with Gasteiger partial charge in [0.1, 0.15) is 6.10 Å². The molecule has 0 aliphatic rings. The summed E-state index contributed by atoms with van der Waals surface area (Å²) in [6.45, 7) is 2.79. The van der Waals surface area contributed by atoms with Crippen LogP contribution in [0.5, 0.6) is 0 Å². The number of aromatic nitrogens is 2. The van der Waals surface area contributed by atoms with E-state index in [0.29, 0.717) is 21.3 Å². The van der Waals surface area contributed by atoms with E-state index >= 15 is 0 Å². The molecule has 2 aromatic rings. The summed E-state index contributed by atoms with van der Waals surface area (Å²) in [4.78, 5) is 0. The first-order valence-electron chi connectivity index (χ1n) is 5.88. The highest BCUT2D eigenvalue weighted by atomic mass is 79.9. The summed E-state index contributed by atoms with van der Waals surface area (Å²) in [6, 6.07) is 5.04. The first-order valence-corrected chi connectivity index (χ1v) is 7.43. The summed E-state index contributed by atoms with van der Waals surface area (Å²) in [5, 5.41) is 15.8. The topological polar surface area (TPSA) is 38.0 Å². The average molecular weight is 364 g/mol. The Labute approximate surface area is 130 Å². The molecule has 1 atom stereocenters. The number of hydrogen-bond donors (Lipinski definition) is 1. The Kier molecular flexibility index (Phi) is 4.90. The summed E-state index contributed by atoms with van der Waals surface area (Å²) >= 11 is 15.5. The number of aliphatic hydroxyl groups is 1. The van der Waals surface area contributed by atoms with E-state index in [0.717, 1.165) is 17.4 Å². The minimum atomic E-state index is -0.866. The molecule has 1 N–H and O–H groups in total. The molecule has 0 amide bonds.